The van der Waals surface area contributed by atoms with E-state index >= 15 is 0 Å². The number of hydrogen-bond donors (Lipinski definition) is 1. The molecule has 358 valence electrons. The van der Waals surface area contributed by atoms with E-state index in [1.165, 1.54) is 18.2 Å². The standard InChI is InChI=1S/C28H28N2O4.C27H26N2O4.2CH4/c1-16-22(26(27(31)32-5)34-28(2,3)4)24(18-8-6-7-9-20(18)30-16)19-10-11-21-23-17(13-15-33-21)12-14-29-25(19)23;1-15-21(25(26(30)31)33-27(2,3)4)23(17-7-5-6-8-19(17)29-15)18-9-10-20-22-16(12-14-32-20)11-13-28-24(18)22;;/h6-12,14,26H,13,15H2,1-5H3;5-11,13,25H,12,14H2,1-4H3,(H,30,31);2*1H4/t26-;25-;;/m00../s1. The third kappa shape index (κ3) is 9.56. The number of ether oxygens (including phenoxy) is 5. The Kier molecular flexibility index (Phi) is 14.1. The lowest BCUT2D eigenvalue weighted by Gasteiger charge is -2.29. The highest BCUT2D eigenvalue weighted by Crippen LogP contribution is 2.46. The van der Waals surface area contributed by atoms with Crippen LogP contribution in [0.2, 0.25) is 0 Å². The van der Waals surface area contributed by atoms with Crippen LogP contribution in [-0.4, -0.2) is 68.5 Å². The molecule has 0 saturated heterocycles. The first kappa shape index (κ1) is 49.9. The topological polar surface area (TPSA) is 152 Å². The van der Waals surface area contributed by atoms with Crippen molar-refractivity contribution in [2.75, 3.05) is 20.3 Å². The van der Waals surface area contributed by atoms with Gasteiger partial charge in [-0.3, -0.25) is 19.9 Å². The molecule has 0 saturated carbocycles. The number of rotatable bonds is 8. The molecule has 2 aliphatic rings. The molecule has 69 heavy (non-hydrogen) atoms. The molecule has 0 radical (unpaired) electrons. The summed E-state index contributed by atoms with van der Waals surface area (Å²) < 4.78 is 29.4. The van der Waals surface area contributed by atoms with Gasteiger partial charge in [0.05, 0.1) is 53.6 Å². The number of esters is 1. The van der Waals surface area contributed by atoms with Crippen LogP contribution in [-0.2, 0) is 36.6 Å². The number of carbonyl (C=O) groups is 2. The van der Waals surface area contributed by atoms with E-state index < -0.39 is 35.3 Å². The van der Waals surface area contributed by atoms with Crippen LogP contribution in [0.5, 0.6) is 11.5 Å². The minimum Gasteiger partial charge on any atom is -0.493 e. The molecule has 0 bridgehead atoms. The number of pyridine rings is 4. The number of aryl methyl sites for hydroxylation is 2. The van der Waals surface area contributed by atoms with E-state index in [1.807, 2.05) is 147 Å². The van der Waals surface area contributed by atoms with Crippen LogP contribution in [0.15, 0.2) is 97.3 Å². The highest BCUT2D eigenvalue weighted by atomic mass is 16.6. The first-order chi connectivity index (χ1) is 32.0. The molecule has 4 aromatic carbocycles. The van der Waals surface area contributed by atoms with Crippen LogP contribution in [0.4, 0.5) is 0 Å². The summed E-state index contributed by atoms with van der Waals surface area (Å²) in [7, 11) is 1.38. The Bertz CT molecular complexity index is 3240. The molecule has 0 fully saturated rings. The summed E-state index contributed by atoms with van der Waals surface area (Å²) in [6, 6.07) is 27.8. The third-order valence-electron chi connectivity index (χ3n) is 12.0. The lowest BCUT2D eigenvalue weighted by Crippen LogP contribution is -2.29. The fourth-order valence-electron chi connectivity index (χ4n) is 9.40. The maximum Gasteiger partial charge on any atom is 0.339 e. The van der Waals surface area contributed by atoms with Crippen molar-refractivity contribution in [2.45, 2.75) is 106 Å². The van der Waals surface area contributed by atoms with Crippen LogP contribution in [0.1, 0.15) is 102 Å². The summed E-state index contributed by atoms with van der Waals surface area (Å²) >= 11 is 0. The van der Waals surface area contributed by atoms with Crippen LogP contribution in [0, 0.1) is 13.8 Å². The maximum atomic E-state index is 13.1. The first-order valence-electron chi connectivity index (χ1n) is 22.5. The molecule has 2 atom stereocenters. The second kappa shape index (κ2) is 19.5. The number of aromatic nitrogens is 4. The zero-order valence-electron chi connectivity index (χ0n) is 39.3. The fraction of sp³-hybridized carbons (Fsp3) is 0.333. The third-order valence-corrected chi connectivity index (χ3v) is 12.0. The van der Waals surface area contributed by atoms with Gasteiger partial charge >= 0.3 is 11.9 Å². The number of nitrogens with zero attached hydrogens (tertiary/aromatic N) is 4. The molecule has 6 heterocycles. The number of aliphatic carboxylic acids is 1. The van der Waals surface area contributed by atoms with Crippen LogP contribution < -0.4 is 9.47 Å². The minimum absolute atomic E-state index is 0. The molecular formula is C57H62N4O8. The predicted octanol–water partition coefficient (Wildman–Crippen LogP) is 12.6. The monoisotopic (exact) mass is 930 g/mol. The Hall–Kier alpha value is -7.02. The number of hydrogen-bond acceptors (Lipinski definition) is 11. The zero-order valence-corrected chi connectivity index (χ0v) is 39.3. The average Bonchev–Trinajstić information content (AvgIpc) is 3.29. The van der Waals surface area contributed by atoms with Crippen molar-refractivity contribution in [1.29, 1.82) is 0 Å². The van der Waals surface area contributed by atoms with E-state index in [-0.39, 0.29) is 14.9 Å². The summed E-state index contributed by atoms with van der Waals surface area (Å²) in [5.41, 5.74) is 10.4. The highest BCUT2D eigenvalue weighted by Gasteiger charge is 2.35. The molecule has 0 unspecified atom stereocenters. The number of benzene rings is 4. The SMILES string of the molecule is C.C.COC(=O)[C@@H](OC(C)(C)C)c1c(C)nc2ccccc2c1-c1ccc2c3c(ccnc13)CCO2.Cc1nc2ccccc2c(-c2ccc3c4c(ccnc24)CCO3)c1[C@H](OC(C)(C)C)C(=O)O. The van der Waals surface area contributed by atoms with E-state index in [1.54, 1.807) is 0 Å². The van der Waals surface area contributed by atoms with E-state index in [0.29, 0.717) is 35.7 Å². The molecule has 8 aromatic rings. The zero-order chi connectivity index (χ0) is 47.4. The molecular weight excluding hydrogens is 869 g/mol. The van der Waals surface area contributed by atoms with Crippen molar-refractivity contribution in [2.24, 2.45) is 0 Å². The van der Waals surface area contributed by atoms with Gasteiger partial charge < -0.3 is 28.8 Å². The largest absolute Gasteiger partial charge is 0.493 e. The first-order valence-corrected chi connectivity index (χ1v) is 22.5. The van der Waals surface area contributed by atoms with Gasteiger partial charge in [-0.25, -0.2) is 9.59 Å². The van der Waals surface area contributed by atoms with Crippen LogP contribution in [0.3, 0.4) is 0 Å². The number of methoxy groups -OCH3 is 1. The van der Waals surface area contributed by atoms with Crippen molar-refractivity contribution in [3.63, 3.8) is 0 Å². The molecule has 0 amide bonds. The number of carboxylic acids is 1. The number of carbonyl (C=O) groups excluding carboxylic acids is 1. The maximum absolute atomic E-state index is 13.1. The summed E-state index contributed by atoms with van der Waals surface area (Å²) in [6.45, 7) is 16.4. The minimum atomic E-state index is -1.18. The van der Waals surface area contributed by atoms with Gasteiger partial charge in [-0.15, -0.1) is 0 Å². The number of para-hydroxylation sites is 2. The highest BCUT2D eigenvalue weighted by molar-refractivity contribution is 6.09. The van der Waals surface area contributed by atoms with Crippen molar-refractivity contribution in [3.8, 4) is 33.8 Å². The van der Waals surface area contributed by atoms with Crippen molar-refractivity contribution >= 4 is 55.6 Å². The van der Waals surface area contributed by atoms with E-state index in [2.05, 4.69) is 6.07 Å². The summed E-state index contributed by atoms with van der Waals surface area (Å²) in [5.74, 6) is 0.126. The Morgan fingerprint density at radius 2 is 1.03 bits per heavy atom. The fourth-order valence-corrected chi connectivity index (χ4v) is 9.40. The van der Waals surface area contributed by atoms with Gasteiger partial charge in [0, 0.05) is 91.5 Å². The Labute approximate surface area is 404 Å². The quantitative estimate of drug-likeness (QED) is 0.144. The normalized spacial score (nSPS) is 13.8. The molecule has 0 aliphatic carbocycles. The summed E-state index contributed by atoms with van der Waals surface area (Å²) in [6.07, 6.45) is 3.17. The molecule has 2 aliphatic heterocycles. The Morgan fingerprint density at radius 3 is 1.45 bits per heavy atom. The second-order valence-corrected chi connectivity index (χ2v) is 18.9. The van der Waals surface area contributed by atoms with Gasteiger partial charge in [-0.05, 0) is 115 Å². The van der Waals surface area contributed by atoms with Gasteiger partial charge in [-0.1, -0.05) is 51.3 Å². The molecule has 10 rings (SSSR count). The summed E-state index contributed by atoms with van der Waals surface area (Å²) in [4.78, 5) is 44.7. The van der Waals surface area contributed by atoms with Gasteiger partial charge in [0.15, 0.2) is 12.2 Å². The lowest BCUT2D eigenvalue weighted by molar-refractivity contribution is -0.164. The molecule has 12 nitrogen and oxygen atoms in total. The molecule has 1 N–H and O–H groups in total. The van der Waals surface area contributed by atoms with Gasteiger partial charge in [0.2, 0.25) is 0 Å². The van der Waals surface area contributed by atoms with Gasteiger partial charge in [0.1, 0.15) is 11.5 Å². The molecule has 4 aromatic heterocycles. The van der Waals surface area contributed by atoms with Gasteiger partial charge in [0.25, 0.3) is 0 Å². The van der Waals surface area contributed by atoms with Crippen LogP contribution >= 0.6 is 0 Å². The van der Waals surface area contributed by atoms with Gasteiger partial charge in [-0.2, -0.15) is 0 Å². The Balaban J connectivity index is 0.000000198. The van der Waals surface area contributed by atoms with Crippen LogP contribution in [0.25, 0.3) is 65.9 Å². The van der Waals surface area contributed by atoms with Crippen molar-refractivity contribution in [3.05, 3.63) is 131 Å². The number of fused-ring (bicyclic) bond motifs is 2. The average molecular weight is 931 g/mol. The van der Waals surface area contributed by atoms with E-state index in [9.17, 15) is 14.7 Å². The predicted molar refractivity (Wildman–Crippen MR) is 273 cm³/mol. The lowest BCUT2D eigenvalue weighted by atomic mass is 9.88. The smallest absolute Gasteiger partial charge is 0.339 e. The van der Waals surface area contributed by atoms with E-state index in [4.69, 9.17) is 43.6 Å². The Morgan fingerprint density at radius 1 is 0.609 bits per heavy atom. The van der Waals surface area contributed by atoms with Crippen molar-refractivity contribution in [1.82, 2.24) is 19.9 Å². The van der Waals surface area contributed by atoms with Crippen molar-refractivity contribution < 1.29 is 38.4 Å². The molecule has 12 heteroatoms. The molecule has 0 spiro atoms. The second-order valence-electron chi connectivity index (χ2n) is 18.9. The summed E-state index contributed by atoms with van der Waals surface area (Å²) in [5, 5.41) is 14.0. The number of carboxylic acid groups (broad SMARTS) is 1. The van der Waals surface area contributed by atoms with E-state index in [0.717, 1.165) is 90.2 Å².